The maximum Gasteiger partial charge on any atom is 0.272 e. The van der Waals surface area contributed by atoms with Gasteiger partial charge in [0, 0.05) is 11.9 Å². The van der Waals surface area contributed by atoms with Gasteiger partial charge >= 0.3 is 0 Å². The molecule has 2 aromatic heterocycles. The summed E-state index contributed by atoms with van der Waals surface area (Å²) in [4.78, 5) is 18.8. The van der Waals surface area contributed by atoms with Crippen molar-refractivity contribution in [3.63, 3.8) is 0 Å². The highest BCUT2D eigenvalue weighted by atomic mass is 79.9. The molecule has 96 valence electrons. The highest BCUT2D eigenvalue weighted by Gasteiger charge is 2.14. The molecule has 0 atom stereocenters. The number of amides is 1. The number of carbonyl (C=O) groups excluding carboxylic acids is 1. The van der Waals surface area contributed by atoms with Crippen LogP contribution in [-0.4, -0.2) is 22.8 Å². The molecule has 0 aliphatic carbocycles. The molecule has 0 saturated carbocycles. The van der Waals surface area contributed by atoms with Crippen molar-refractivity contribution in [1.82, 2.24) is 9.88 Å². The van der Waals surface area contributed by atoms with E-state index in [0.29, 0.717) is 6.54 Å². The molecule has 0 saturated heterocycles. The average Bonchev–Trinajstić information content (AvgIpc) is 2.83. The second-order valence-corrected chi connectivity index (χ2v) is 6.43. The summed E-state index contributed by atoms with van der Waals surface area (Å²) in [5.41, 5.74) is 0.537. The number of hydrogen-bond donors (Lipinski definition) is 0. The zero-order valence-electron chi connectivity index (χ0n) is 10.1. The van der Waals surface area contributed by atoms with Gasteiger partial charge in [0.15, 0.2) is 0 Å². The van der Waals surface area contributed by atoms with Crippen LogP contribution in [-0.2, 0) is 6.54 Å². The summed E-state index contributed by atoms with van der Waals surface area (Å²) in [5, 5.41) is 8.78. The van der Waals surface area contributed by atoms with Gasteiger partial charge in [0.1, 0.15) is 17.5 Å². The lowest BCUT2D eigenvalue weighted by molar-refractivity contribution is 0.0780. The summed E-state index contributed by atoms with van der Waals surface area (Å²) in [5.74, 6) is -0.193. The first-order valence-corrected chi connectivity index (χ1v) is 7.08. The molecule has 0 N–H and O–H groups in total. The summed E-state index contributed by atoms with van der Waals surface area (Å²) >= 11 is 4.98. The lowest BCUT2D eigenvalue weighted by Crippen LogP contribution is -2.26. The number of halogens is 1. The fourth-order valence-electron chi connectivity index (χ4n) is 1.55. The van der Waals surface area contributed by atoms with Crippen molar-refractivity contribution >= 4 is 33.2 Å². The molecule has 6 heteroatoms. The molecule has 0 aromatic carbocycles. The maximum absolute atomic E-state index is 12.2. The van der Waals surface area contributed by atoms with Crippen LogP contribution in [0.2, 0.25) is 0 Å². The number of nitrogens with zero attached hydrogens (tertiary/aromatic N) is 3. The Morgan fingerprint density at radius 3 is 2.89 bits per heavy atom. The van der Waals surface area contributed by atoms with E-state index in [0.717, 1.165) is 8.66 Å². The topological polar surface area (TPSA) is 57.0 Å². The summed E-state index contributed by atoms with van der Waals surface area (Å²) in [6.45, 7) is 0.521. The minimum absolute atomic E-state index is 0.193. The molecule has 1 amide bonds. The zero-order chi connectivity index (χ0) is 13.8. The van der Waals surface area contributed by atoms with E-state index in [4.69, 9.17) is 5.26 Å². The van der Waals surface area contributed by atoms with Crippen molar-refractivity contribution in [1.29, 1.82) is 5.26 Å². The van der Waals surface area contributed by atoms with Crippen LogP contribution in [0.25, 0.3) is 0 Å². The first kappa shape index (κ1) is 13.7. The van der Waals surface area contributed by atoms with Crippen molar-refractivity contribution in [2.45, 2.75) is 6.54 Å². The van der Waals surface area contributed by atoms with Crippen LogP contribution < -0.4 is 0 Å². The van der Waals surface area contributed by atoms with Crippen LogP contribution in [0.4, 0.5) is 0 Å². The van der Waals surface area contributed by atoms with E-state index in [2.05, 4.69) is 20.9 Å². The Hall–Kier alpha value is -1.71. The Balaban J connectivity index is 2.12. The van der Waals surface area contributed by atoms with Gasteiger partial charge in [0.05, 0.1) is 10.3 Å². The van der Waals surface area contributed by atoms with Gasteiger partial charge in [-0.1, -0.05) is 6.07 Å². The Kier molecular flexibility index (Phi) is 4.30. The minimum atomic E-state index is -0.193. The number of thiophene rings is 1. The third kappa shape index (κ3) is 3.40. The van der Waals surface area contributed by atoms with Gasteiger partial charge in [-0.3, -0.25) is 4.79 Å². The van der Waals surface area contributed by atoms with Gasteiger partial charge in [0.25, 0.3) is 5.91 Å². The normalized spacial score (nSPS) is 9.95. The molecule has 4 nitrogen and oxygen atoms in total. The predicted octanol–water partition coefficient (Wildman–Crippen LogP) is 3.05. The summed E-state index contributed by atoms with van der Waals surface area (Å²) < 4.78 is 1.04. The summed E-state index contributed by atoms with van der Waals surface area (Å²) in [6.07, 6.45) is 0. The summed E-state index contributed by atoms with van der Waals surface area (Å²) in [7, 11) is 1.72. The van der Waals surface area contributed by atoms with E-state index in [1.54, 1.807) is 41.5 Å². The van der Waals surface area contributed by atoms with E-state index >= 15 is 0 Å². The molecule has 0 bridgehead atoms. The molecule has 19 heavy (non-hydrogen) atoms. The van der Waals surface area contributed by atoms with E-state index in [9.17, 15) is 4.79 Å². The standard InChI is InChI=1S/C13H10BrN3OS/c1-17(8-10-5-6-12(14)19-10)13(18)11-4-2-3-9(7-15)16-11/h2-6H,8H2,1H3. The van der Waals surface area contributed by atoms with E-state index in [-0.39, 0.29) is 17.3 Å². The highest BCUT2D eigenvalue weighted by Crippen LogP contribution is 2.23. The van der Waals surface area contributed by atoms with Crippen LogP contribution in [0.1, 0.15) is 21.1 Å². The SMILES string of the molecule is CN(Cc1ccc(Br)s1)C(=O)c1cccc(C#N)n1. The fourth-order valence-corrected chi connectivity index (χ4v) is 3.09. The van der Waals surface area contributed by atoms with Gasteiger partial charge < -0.3 is 4.90 Å². The second kappa shape index (κ2) is 5.95. The van der Waals surface area contributed by atoms with Crippen LogP contribution in [0, 0.1) is 11.3 Å². The van der Waals surface area contributed by atoms with E-state index in [1.165, 1.54) is 0 Å². The molecule has 2 heterocycles. The van der Waals surface area contributed by atoms with Crippen LogP contribution in [0.5, 0.6) is 0 Å². The van der Waals surface area contributed by atoms with E-state index < -0.39 is 0 Å². The number of aromatic nitrogens is 1. The molecule has 2 rings (SSSR count). The number of nitriles is 1. The van der Waals surface area contributed by atoms with Crippen molar-refractivity contribution < 1.29 is 4.79 Å². The first-order valence-electron chi connectivity index (χ1n) is 5.47. The lowest BCUT2D eigenvalue weighted by atomic mass is 10.3. The fraction of sp³-hybridized carbons (Fsp3) is 0.154. The molecule has 0 aliphatic rings. The number of hydrogen-bond acceptors (Lipinski definition) is 4. The van der Waals surface area contributed by atoms with Gasteiger partial charge in [-0.25, -0.2) is 4.98 Å². The third-order valence-electron chi connectivity index (χ3n) is 2.45. The quantitative estimate of drug-likeness (QED) is 0.866. The zero-order valence-corrected chi connectivity index (χ0v) is 12.5. The molecule has 0 spiro atoms. The molecular weight excluding hydrogens is 326 g/mol. The number of pyridine rings is 1. The van der Waals surface area contributed by atoms with Crippen LogP contribution in [0.3, 0.4) is 0 Å². The van der Waals surface area contributed by atoms with Crippen LogP contribution >= 0.6 is 27.3 Å². The largest absolute Gasteiger partial charge is 0.335 e. The Bertz CT molecular complexity index is 647. The smallest absolute Gasteiger partial charge is 0.272 e. The van der Waals surface area contributed by atoms with Gasteiger partial charge in [-0.2, -0.15) is 5.26 Å². The van der Waals surface area contributed by atoms with Crippen molar-refractivity contribution in [3.05, 3.63) is 50.4 Å². The Labute approximate surface area is 123 Å². The first-order chi connectivity index (χ1) is 9.10. The van der Waals surface area contributed by atoms with Crippen molar-refractivity contribution in [2.24, 2.45) is 0 Å². The molecule has 0 aliphatic heterocycles. The lowest BCUT2D eigenvalue weighted by Gasteiger charge is -2.15. The maximum atomic E-state index is 12.2. The monoisotopic (exact) mass is 335 g/mol. The molecular formula is C13H10BrN3OS. The molecule has 0 fully saturated rings. The number of rotatable bonds is 3. The minimum Gasteiger partial charge on any atom is -0.335 e. The van der Waals surface area contributed by atoms with E-state index in [1.807, 2.05) is 18.2 Å². The molecule has 0 unspecified atom stereocenters. The highest BCUT2D eigenvalue weighted by molar-refractivity contribution is 9.11. The summed E-state index contributed by atoms with van der Waals surface area (Å²) in [6, 6.07) is 10.7. The molecule has 2 aromatic rings. The Morgan fingerprint density at radius 2 is 2.26 bits per heavy atom. The Morgan fingerprint density at radius 1 is 1.47 bits per heavy atom. The second-order valence-electron chi connectivity index (χ2n) is 3.89. The predicted molar refractivity (Wildman–Crippen MR) is 76.8 cm³/mol. The van der Waals surface area contributed by atoms with Crippen LogP contribution in [0.15, 0.2) is 34.1 Å². The molecule has 0 radical (unpaired) electrons. The van der Waals surface area contributed by atoms with Crippen molar-refractivity contribution in [3.8, 4) is 6.07 Å². The van der Waals surface area contributed by atoms with Gasteiger partial charge in [0.2, 0.25) is 0 Å². The number of carbonyl (C=O) groups is 1. The van der Waals surface area contributed by atoms with Gasteiger partial charge in [-0.15, -0.1) is 11.3 Å². The van der Waals surface area contributed by atoms with Crippen molar-refractivity contribution in [2.75, 3.05) is 7.05 Å². The average molecular weight is 336 g/mol. The third-order valence-corrected chi connectivity index (χ3v) is 4.06. The van der Waals surface area contributed by atoms with Gasteiger partial charge in [-0.05, 0) is 40.2 Å².